The van der Waals surface area contributed by atoms with E-state index in [0.29, 0.717) is 28.5 Å². The molecule has 0 unspecified atom stereocenters. The number of carbonyl (C=O) groups is 2. The second kappa shape index (κ2) is 5.14. The first kappa shape index (κ1) is 12.5. The molecule has 96 valence electrons. The Bertz CT molecular complexity index is 491. The molecule has 0 bridgehead atoms. The fraction of sp³-hybridized carbons (Fsp3) is 0.273. The van der Waals surface area contributed by atoms with Crippen LogP contribution in [0.3, 0.4) is 0 Å². The lowest BCUT2D eigenvalue weighted by Crippen LogP contribution is -2.22. The van der Waals surface area contributed by atoms with Gasteiger partial charge in [0.05, 0.1) is 17.5 Å². The van der Waals surface area contributed by atoms with Gasteiger partial charge in [0.2, 0.25) is 13.2 Å². The lowest BCUT2D eigenvalue weighted by atomic mass is 10.0. The molecule has 0 fully saturated rings. The van der Waals surface area contributed by atoms with E-state index in [2.05, 4.69) is 5.32 Å². The molecule has 0 radical (unpaired) electrons. The van der Waals surface area contributed by atoms with E-state index < -0.39 is 12.0 Å². The van der Waals surface area contributed by atoms with Crippen LogP contribution in [0.2, 0.25) is 5.02 Å². The van der Waals surface area contributed by atoms with E-state index in [1.54, 1.807) is 12.1 Å². The molecule has 0 aromatic heterocycles. The van der Waals surface area contributed by atoms with Crippen molar-refractivity contribution in [3.63, 3.8) is 0 Å². The van der Waals surface area contributed by atoms with E-state index in [9.17, 15) is 9.59 Å². The van der Waals surface area contributed by atoms with Crippen molar-refractivity contribution in [2.45, 2.75) is 12.5 Å². The second-order valence-corrected chi connectivity index (χ2v) is 4.08. The molecule has 7 heteroatoms. The lowest BCUT2D eigenvalue weighted by Gasteiger charge is -2.15. The number of aliphatic carboxylic acids is 1. The maximum absolute atomic E-state index is 10.7. The highest BCUT2D eigenvalue weighted by Crippen LogP contribution is 2.41. The van der Waals surface area contributed by atoms with Gasteiger partial charge in [0.1, 0.15) is 0 Å². The maximum Gasteiger partial charge on any atom is 0.305 e. The van der Waals surface area contributed by atoms with Crippen LogP contribution >= 0.6 is 11.6 Å². The van der Waals surface area contributed by atoms with E-state index in [1.165, 1.54) is 0 Å². The zero-order valence-corrected chi connectivity index (χ0v) is 9.94. The highest BCUT2D eigenvalue weighted by molar-refractivity contribution is 6.32. The number of benzene rings is 1. The van der Waals surface area contributed by atoms with Crippen molar-refractivity contribution >= 4 is 24.0 Å². The van der Waals surface area contributed by atoms with Crippen molar-refractivity contribution in [2.24, 2.45) is 0 Å². The molecular formula is C11H10ClNO5. The monoisotopic (exact) mass is 271 g/mol. The second-order valence-electron chi connectivity index (χ2n) is 3.67. The summed E-state index contributed by atoms with van der Waals surface area (Å²) in [7, 11) is 0. The molecule has 2 rings (SSSR count). The molecule has 1 aromatic rings. The van der Waals surface area contributed by atoms with E-state index in [1.807, 2.05) is 0 Å². The third kappa shape index (κ3) is 2.48. The smallest absolute Gasteiger partial charge is 0.305 e. The summed E-state index contributed by atoms with van der Waals surface area (Å²) in [5.41, 5.74) is 0.554. The number of ether oxygens (including phenoxy) is 2. The first-order chi connectivity index (χ1) is 8.61. The SMILES string of the molecule is O=CN[C@@H](CC(=O)O)c1cc(Cl)c2c(c1)OCO2. The van der Waals surface area contributed by atoms with Crippen LogP contribution in [0.1, 0.15) is 18.0 Å². The fourth-order valence-corrected chi connectivity index (χ4v) is 1.99. The molecule has 6 nitrogen and oxygen atoms in total. The van der Waals surface area contributed by atoms with Gasteiger partial charge in [-0.2, -0.15) is 0 Å². The minimum Gasteiger partial charge on any atom is -0.481 e. The maximum atomic E-state index is 10.7. The minimum atomic E-state index is -1.02. The number of rotatable bonds is 5. The van der Waals surface area contributed by atoms with Crippen molar-refractivity contribution in [3.05, 3.63) is 22.7 Å². The molecule has 0 spiro atoms. The number of nitrogens with one attached hydrogen (secondary N) is 1. The molecule has 1 amide bonds. The summed E-state index contributed by atoms with van der Waals surface area (Å²) in [6.45, 7) is 0.0726. The van der Waals surface area contributed by atoms with Crippen LogP contribution in [-0.2, 0) is 9.59 Å². The fourth-order valence-electron chi connectivity index (χ4n) is 1.72. The standard InChI is InChI=1S/C11H10ClNO5/c12-7-1-6(2-9-11(7)18-5-17-9)8(13-4-14)3-10(15)16/h1-2,4,8H,3,5H2,(H,13,14)(H,15,16)/t8-/m0/s1. The zero-order chi connectivity index (χ0) is 13.1. The molecule has 0 saturated carbocycles. The summed E-state index contributed by atoms with van der Waals surface area (Å²) in [4.78, 5) is 21.2. The first-order valence-electron chi connectivity index (χ1n) is 5.12. The van der Waals surface area contributed by atoms with E-state index in [4.69, 9.17) is 26.2 Å². The topological polar surface area (TPSA) is 84.9 Å². The van der Waals surface area contributed by atoms with Crippen molar-refractivity contribution in [1.82, 2.24) is 5.32 Å². The Balaban J connectivity index is 2.32. The molecule has 0 aliphatic carbocycles. The third-order valence-electron chi connectivity index (χ3n) is 2.50. The molecule has 1 aliphatic heterocycles. The molecule has 1 heterocycles. The van der Waals surface area contributed by atoms with Crippen LogP contribution in [0.25, 0.3) is 0 Å². The summed E-state index contributed by atoms with van der Waals surface area (Å²) in [5.74, 6) is -0.149. The third-order valence-corrected chi connectivity index (χ3v) is 2.78. The molecule has 1 aromatic carbocycles. The number of fused-ring (bicyclic) bond motifs is 1. The molecule has 0 saturated heterocycles. The van der Waals surface area contributed by atoms with Crippen LogP contribution in [0.15, 0.2) is 12.1 Å². The molecular weight excluding hydrogens is 262 g/mol. The Kier molecular flexibility index (Phi) is 3.57. The average Bonchev–Trinajstić information content (AvgIpc) is 2.76. The summed E-state index contributed by atoms with van der Waals surface area (Å²) in [6.07, 6.45) is 0.209. The van der Waals surface area contributed by atoms with Crippen molar-refractivity contribution < 1.29 is 24.2 Å². The first-order valence-corrected chi connectivity index (χ1v) is 5.50. The van der Waals surface area contributed by atoms with E-state index >= 15 is 0 Å². The van der Waals surface area contributed by atoms with Crippen LogP contribution in [0, 0.1) is 0 Å². The molecule has 2 N–H and O–H groups in total. The van der Waals surface area contributed by atoms with Gasteiger partial charge in [-0.25, -0.2) is 0 Å². The Hall–Kier alpha value is -1.95. The number of carbonyl (C=O) groups excluding carboxylic acids is 1. The van der Waals surface area contributed by atoms with Gasteiger partial charge in [-0.05, 0) is 17.7 Å². The molecule has 18 heavy (non-hydrogen) atoms. The minimum absolute atomic E-state index is 0.0726. The van der Waals surface area contributed by atoms with Gasteiger partial charge in [0.15, 0.2) is 11.5 Å². The van der Waals surface area contributed by atoms with Gasteiger partial charge in [-0.1, -0.05) is 11.6 Å². The van der Waals surface area contributed by atoms with Crippen molar-refractivity contribution in [1.29, 1.82) is 0 Å². The van der Waals surface area contributed by atoms with Crippen LogP contribution in [0.4, 0.5) is 0 Å². The number of hydrogen-bond donors (Lipinski definition) is 2. The zero-order valence-electron chi connectivity index (χ0n) is 9.18. The normalized spacial score (nSPS) is 14.1. The van der Waals surface area contributed by atoms with E-state index in [-0.39, 0.29) is 13.2 Å². The lowest BCUT2D eigenvalue weighted by molar-refractivity contribution is -0.137. The van der Waals surface area contributed by atoms with Crippen molar-refractivity contribution in [2.75, 3.05) is 6.79 Å². The predicted octanol–water partition coefficient (Wildman–Crippen LogP) is 1.33. The number of amides is 1. The summed E-state index contributed by atoms with van der Waals surface area (Å²) >= 11 is 5.99. The number of carboxylic acid groups (broad SMARTS) is 1. The molecule has 1 aliphatic rings. The summed E-state index contributed by atoms with van der Waals surface area (Å²) < 4.78 is 10.3. The number of halogens is 1. The van der Waals surface area contributed by atoms with Gasteiger partial charge in [0, 0.05) is 0 Å². The van der Waals surface area contributed by atoms with Crippen LogP contribution in [0.5, 0.6) is 11.5 Å². The van der Waals surface area contributed by atoms with Gasteiger partial charge in [0.25, 0.3) is 0 Å². The number of carboxylic acids is 1. The largest absolute Gasteiger partial charge is 0.481 e. The predicted molar refractivity (Wildman–Crippen MR) is 61.8 cm³/mol. The number of hydrogen-bond acceptors (Lipinski definition) is 4. The van der Waals surface area contributed by atoms with Gasteiger partial charge in [-0.3, -0.25) is 9.59 Å². The van der Waals surface area contributed by atoms with Crippen LogP contribution < -0.4 is 14.8 Å². The van der Waals surface area contributed by atoms with Crippen molar-refractivity contribution in [3.8, 4) is 11.5 Å². The Morgan fingerprint density at radius 2 is 2.33 bits per heavy atom. The average molecular weight is 272 g/mol. The highest BCUT2D eigenvalue weighted by atomic mass is 35.5. The Morgan fingerprint density at radius 1 is 1.56 bits per heavy atom. The van der Waals surface area contributed by atoms with Gasteiger partial charge >= 0.3 is 5.97 Å². The van der Waals surface area contributed by atoms with E-state index in [0.717, 1.165) is 0 Å². The summed E-state index contributed by atoms with van der Waals surface area (Å²) in [5, 5.41) is 11.5. The van der Waals surface area contributed by atoms with Gasteiger partial charge < -0.3 is 19.9 Å². The highest BCUT2D eigenvalue weighted by Gasteiger charge is 2.22. The van der Waals surface area contributed by atoms with Gasteiger partial charge in [-0.15, -0.1) is 0 Å². The van der Waals surface area contributed by atoms with Crippen LogP contribution in [-0.4, -0.2) is 24.3 Å². The molecule has 1 atom stereocenters. The Labute approximate surface area is 107 Å². The Morgan fingerprint density at radius 3 is 3.00 bits per heavy atom. The quantitative estimate of drug-likeness (QED) is 0.789. The summed E-state index contributed by atoms with van der Waals surface area (Å²) in [6, 6.07) is 2.50.